The predicted octanol–water partition coefficient (Wildman–Crippen LogP) is 4.43. The third-order valence-electron chi connectivity index (χ3n) is 9.45. The summed E-state index contributed by atoms with van der Waals surface area (Å²) in [6.07, 6.45) is 10.9. The van der Waals surface area contributed by atoms with Gasteiger partial charge in [-0.1, -0.05) is 42.9 Å². The number of aliphatic hydroxyl groups is 4. The Morgan fingerprint density at radius 1 is 1.02 bits per heavy atom. The largest absolute Gasteiger partial charge is 0.504 e. The Labute approximate surface area is 271 Å². The van der Waals surface area contributed by atoms with E-state index in [-0.39, 0.29) is 48.4 Å². The Kier molecular flexibility index (Phi) is 11.8. The van der Waals surface area contributed by atoms with Crippen LogP contribution in [0.25, 0.3) is 0 Å². The van der Waals surface area contributed by atoms with Crippen LogP contribution in [0.5, 0.6) is 11.5 Å². The van der Waals surface area contributed by atoms with Crippen LogP contribution in [-0.2, 0) is 6.42 Å². The van der Waals surface area contributed by atoms with E-state index in [1.54, 1.807) is 18.3 Å². The standard InChI is InChI=1S/C37H47N3O6/c38-36-22-28(13-16-40-36)29(18-30-5-3-15-39-30)19-31(23-42)46-35-21-27(11-12-32(35)43)26-10-9-25-8-7-24(14-17-41)4-1-2-6-33(44)37(25)34(45)20-26/h3,5,9-13,15-16,21-22,24-26,29,31,33-34,37,39,41-45H,1-2,4,6,14,17-20,23H2,(H2,38,40)/t24-,25+,26+,29-,31+,33-,34+,37+/m0/s1. The highest BCUT2D eigenvalue weighted by molar-refractivity contribution is 5.44. The van der Waals surface area contributed by atoms with Crippen molar-refractivity contribution in [2.75, 3.05) is 18.9 Å². The number of aromatic amines is 1. The van der Waals surface area contributed by atoms with Gasteiger partial charge in [0.15, 0.2) is 11.5 Å². The topological polar surface area (TPSA) is 165 Å². The first-order valence-electron chi connectivity index (χ1n) is 16.4. The van der Waals surface area contributed by atoms with Gasteiger partial charge in [0, 0.05) is 48.4 Å². The maximum absolute atomic E-state index is 11.4. The number of phenolic OH excluding ortho intramolecular Hbond substituents is 1. The Hall–Kier alpha value is -3.81. The van der Waals surface area contributed by atoms with Gasteiger partial charge < -0.3 is 41.0 Å². The zero-order chi connectivity index (χ0) is 32.5. The number of aromatic nitrogens is 2. The molecule has 0 fully saturated rings. The molecule has 5 rings (SSSR count). The van der Waals surface area contributed by atoms with Crippen molar-refractivity contribution in [1.82, 2.24) is 9.97 Å². The third kappa shape index (κ3) is 8.71. The molecule has 8 N–H and O–H groups in total. The summed E-state index contributed by atoms with van der Waals surface area (Å²) in [5.74, 6) is 6.40. The smallest absolute Gasteiger partial charge is 0.161 e. The molecule has 246 valence electrons. The van der Waals surface area contributed by atoms with Crippen LogP contribution in [-0.4, -0.2) is 67.0 Å². The highest BCUT2D eigenvalue weighted by atomic mass is 16.5. The molecule has 0 saturated heterocycles. The van der Waals surface area contributed by atoms with Crippen LogP contribution in [0.2, 0.25) is 0 Å². The van der Waals surface area contributed by atoms with Crippen LogP contribution in [0.15, 0.2) is 67.0 Å². The Bertz CT molecular complexity index is 1480. The number of fused-ring (bicyclic) bond motifs is 1. The van der Waals surface area contributed by atoms with E-state index >= 15 is 0 Å². The van der Waals surface area contributed by atoms with Crippen molar-refractivity contribution in [3.63, 3.8) is 0 Å². The van der Waals surface area contributed by atoms with Gasteiger partial charge in [-0.15, -0.1) is 0 Å². The van der Waals surface area contributed by atoms with E-state index in [9.17, 15) is 25.5 Å². The molecular formula is C37H47N3O6. The van der Waals surface area contributed by atoms with Crippen LogP contribution in [0, 0.1) is 29.6 Å². The van der Waals surface area contributed by atoms with E-state index in [1.807, 2.05) is 48.7 Å². The van der Waals surface area contributed by atoms with Gasteiger partial charge in [-0.25, -0.2) is 4.98 Å². The van der Waals surface area contributed by atoms with Gasteiger partial charge in [0.05, 0.1) is 18.8 Å². The number of nitrogens with zero attached hydrogens (tertiary/aromatic N) is 1. The maximum atomic E-state index is 11.4. The first kappa shape index (κ1) is 33.6. The summed E-state index contributed by atoms with van der Waals surface area (Å²) in [6.45, 7) is -0.171. The fraction of sp³-hybridized carbons (Fsp3) is 0.486. The normalized spacial score (nSPS) is 26.2. The third-order valence-corrected chi connectivity index (χ3v) is 9.45. The van der Waals surface area contributed by atoms with Crippen LogP contribution < -0.4 is 10.5 Å². The summed E-state index contributed by atoms with van der Waals surface area (Å²) in [4.78, 5) is 7.37. The lowest BCUT2D eigenvalue weighted by Gasteiger charge is -2.31. The van der Waals surface area contributed by atoms with E-state index in [0.717, 1.165) is 36.1 Å². The summed E-state index contributed by atoms with van der Waals surface area (Å²) in [7, 11) is 0. The number of benzene rings is 1. The lowest BCUT2D eigenvalue weighted by molar-refractivity contribution is -0.00709. The molecule has 0 bridgehead atoms. The van der Waals surface area contributed by atoms with Gasteiger partial charge in [-0.3, -0.25) is 0 Å². The van der Waals surface area contributed by atoms with Crippen molar-refractivity contribution in [2.45, 2.75) is 81.5 Å². The molecule has 46 heavy (non-hydrogen) atoms. The minimum absolute atomic E-state index is 0.0409. The fourth-order valence-corrected chi connectivity index (χ4v) is 6.93. The summed E-state index contributed by atoms with van der Waals surface area (Å²) < 4.78 is 6.27. The van der Waals surface area contributed by atoms with Gasteiger partial charge >= 0.3 is 0 Å². The van der Waals surface area contributed by atoms with E-state index in [1.165, 1.54) is 0 Å². The average molecular weight is 630 g/mol. The number of ether oxygens (including phenoxy) is 1. The second-order valence-electron chi connectivity index (χ2n) is 12.7. The minimum Gasteiger partial charge on any atom is -0.504 e. The number of rotatable bonds is 11. The summed E-state index contributed by atoms with van der Waals surface area (Å²) in [6, 6.07) is 12.9. The van der Waals surface area contributed by atoms with Gasteiger partial charge in [-0.05, 0) is 92.0 Å². The van der Waals surface area contributed by atoms with Crippen molar-refractivity contribution in [1.29, 1.82) is 0 Å². The molecule has 2 aliphatic carbocycles. The number of aliphatic hydroxyl groups excluding tert-OH is 4. The highest BCUT2D eigenvalue weighted by Gasteiger charge is 2.36. The van der Waals surface area contributed by atoms with Gasteiger partial charge in [-0.2, -0.15) is 0 Å². The Morgan fingerprint density at radius 2 is 1.87 bits per heavy atom. The molecule has 1 aromatic carbocycles. The molecule has 9 nitrogen and oxygen atoms in total. The Morgan fingerprint density at radius 3 is 2.63 bits per heavy atom. The zero-order valence-corrected chi connectivity index (χ0v) is 26.2. The number of nitrogen functional groups attached to an aromatic ring is 1. The number of anilines is 1. The quantitative estimate of drug-likeness (QED) is 0.121. The predicted molar refractivity (Wildman–Crippen MR) is 177 cm³/mol. The molecular weight excluding hydrogens is 582 g/mol. The highest BCUT2D eigenvalue weighted by Crippen LogP contribution is 2.39. The number of nitrogens with two attached hydrogens (primary N) is 1. The van der Waals surface area contributed by atoms with E-state index in [0.29, 0.717) is 37.9 Å². The first-order valence-corrected chi connectivity index (χ1v) is 16.4. The first-order chi connectivity index (χ1) is 22.3. The van der Waals surface area contributed by atoms with E-state index in [4.69, 9.17) is 10.5 Å². The molecule has 0 radical (unpaired) electrons. The number of pyridine rings is 1. The molecule has 2 heterocycles. The van der Waals surface area contributed by atoms with Gasteiger partial charge in [0.25, 0.3) is 0 Å². The SMILES string of the molecule is Nc1cc([C@@H](Cc2ccc[nH]2)C[C@H](CO)Oc2cc([C@@H]3C=C[C@H]4C#C[C@@H](CCO)CCCC[C@H](O)[C@@H]4[C@H](O)C3)ccc2O)ccn1. The zero-order valence-electron chi connectivity index (χ0n) is 26.2. The fourth-order valence-electron chi connectivity index (χ4n) is 6.93. The van der Waals surface area contributed by atoms with Crippen LogP contribution in [0.4, 0.5) is 5.82 Å². The number of H-pyrrole nitrogens is 1. The van der Waals surface area contributed by atoms with E-state index < -0.39 is 24.2 Å². The van der Waals surface area contributed by atoms with Gasteiger partial charge in [0.1, 0.15) is 11.9 Å². The molecule has 0 unspecified atom stereocenters. The van der Waals surface area contributed by atoms with Gasteiger partial charge in [0.2, 0.25) is 0 Å². The van der Waals surface area contributed by atoms with Crippen molar-refractivity contribution < 1.29 is 30.3 Å². The lowest BCUT2D eigenvalue weighted by atomic mass is 9.79. The van der Waals surface area contributed by atoms with Crippen molar-refractivity contribution in [2.24, 2.45) is 17.8 Å². The molecule has 9 heteroatoms. The van der Waals surface area contributed by atoms with Crippen molar-refractivity contribution in [3.05, 3.63) is 83.8 Å². The summed E-state index contributed by atoms with van der Waals surface area (Å²) >= 11 is 0. The van der Waals surface area contributed by atoms with Crippen LogP contribution in [0.3, 0.4) is 0 Å². The number of nitrogens with one attached hydrogen (secondary N) is 1. The number of hydrogen-bond donors (Lipinski definition) is 7. The number of hydrogen-bond acceptors (Lipinski definition) is 8. The molecule has 0 amide bonds. The van der Waals surface area contributed by atoms with Crippen molar-refractivity contribution in [3.8, 4) is 23.3 Å². The molecule has 2 aromatic heterocycles. The second-order valence-corrected chi connectivity index (χ2v) is 12.7. The Balaban J connectivity index is 1.36. The number of allylic oxidation sites excluding steroid dienone is 2. The van der Waals surface area contributed by atoms with Crippen LogP contribution in [0.1, 0.15) is 73.6 Å². The summed E-state index contributed by atoms with van der Waals surface area (Å²) in [5, 5.41) is 53.2. The summed E-state index contributed by atoms with van der Waals surface area (Å²) in [5.41, 5.74) is 8.85. The molecule has 2 aliphatic rings. The maximum Gasteiger partial charge on any atom is 0.161 e. The van der Waals surface area contributed by atoms with E-state index in [2.05, 4.69) is 21.8 Å². The second kappa shape index (κ2) is 16.1. The number of aromatic hydroxyl groups is 1. The molecule has 0 saturated carbocycles. The molecule has 8 atom stereocenters. The van der Waals surface area contributed by atoms with Crippen molar-refractivity contribution >= 4 is 5.82 Å². The van der Waals surface area contributed by atoms with Crippen LogP contribution >= 0.6 is 0 Å². The molecule has 3 aromatic rings. The monoisotopic (exact) mass is 629 g/mol. The molecule has 0 spiro atoms. The minimum atomic E-state index is -0.796. The molecule has 0 aliphatic heterocycles. The average Bonchev–Trinajstić information content (AvgIpc) is 3.50. The lowest BCUT2D eigenvalue weighted by Crippen LogP contribution is -2.36. The number of phenols is 1.